The summed E-state index contributed by atoms with van der Waals surface area (Å²) < 4.78 is 0. The van der Waals surface area contributed by atoms with E-state index >= 15 is 0 Å². The maximum absolute atomic E-state index is 11.4. The van der Waals surface area contributed by atoms with Gasteiger partial charge in [0.05, 0.1) is 6.54 Å². The lowest BCUT2D eigenvalue weighted by molar-refractivity contribution is -0.120. The van der Waals surface area contributed by atoms with Crippen molar-refractivity contribution in [1.82, 2.24) is 10.6 Å². The standard InChI is InChI=1S/C13H26N2O/c1-5-8-11(4)12(7-3)15-10-13(16)14-9-6-2/h6,11-12,15H,2,5,7-10H2,1,3-4H3,(H,14,16). The molecule has 0 heterocycles. The molecule has 0 aromatic carbocycles. The minimum atomic E-state index is 0.0436. The molecule has 16 heavy (non-hydrogen) atoms. The van der Waals surface area contributed by atoms with E-state index in [0.717, 1.165) is 6.42 Å². The van der Waals surface area contributed by atoms with Crippen LogP contribution < -0.4 is 10.6 Å². The molecule has 2 N–H and O–H groups in total. The Balaban J connectivity index is 3.85. The Kier molecular flexibility index (Phi) is 8.91. The van der Waals surface area contributed by atoms with Gasteiger partial charge < -0.3 is 10.6 Å². The van der Waals surface area contributed by atoms with Crippen LogP contribution in [0, 0.1) is 5.92 Å². The number of carbonyl (C=O) groups excluding carboxylic acids is 1. The lowest BCUT2D eigenvalue weighted by Gasteiger charge is -2.23. The third kappa shape index (κ3) is 6.62. The van der Waals surface area contributed by atoms with Gasteiger partial charge in [0, 0.05) is 12.6 Å². The predicted molar refractivity (Wildman–Crippen MR) is 69.4 cm³/mol. The van der Waals surface area contributed by atoms with E-state index in [1.807, 2.05) is 0 Å². The van der Waals surface area contributed by atoms with Crippen LogP contribution in [-0.2, 0) is 4.79 Å². The smallest absolute Gasteiger partial charge is 0.234 e. The van der Waals surface area contributed by atoms with E-state index in [1.165, 1.54) is 12.8 Å². The summed E-state index contributed by atoms with van der Waals surface area (Å²) in [4.78, 5) is 11.4. The van der Waals surface area contributed by atoms with Crippen LogP contribution in [0.3, 0.4) is 0 Å². The Morgan fingerprint density at radius 3 is 2.62 bits per heavy atom. The van der Waals surface area contributed by atoms with Crippen LogP contribution >= 0.6 is 0 Å². The number of rotatable bonds is 9. The SMILES string of the molecule is C=CCNC(=O)CNC(CC)C(C)CCC. The van der Waals surface area contributed by atoms with E-state index in [9.17, 15) is 4.79 Å². The van der Waals surface area contributed by atoms with E-state index in [4.69, 9.17) is 0 Å². The van der Waals surface area contributed by atoms with Gasteiger partial charge in [0.15, 0.2) is 0 Å². The van der Waals surface area contributed by atoms with Crippen molar-refractivity contribution < 1.29 is 4.79 Å². The first-order valence-electron chi connectivity index (χ1n) is 6.26. The van der Waals surface area contributed by atoms with Crippen LogP contribution in [0.5, 0.6) is 0 Å². The molecule has 0 saturated carbocycles. The van der Waals surface area contributed by atoms with Crippen LogP contribution in [0.4, 0.5) is 0 Å². The van der Waals surface area contributed by atoms with E-state index in [1.54, 1.807) is 6.08 Å². The molecule has 0 aliphatic carbocycles. The third-order valence-corrected chi connectivity index (χ3v) is 2.84. The molecule has 0 saturated heterocycles. The van der Waals surface area contributed by atoms with Crippen molar-refractivity contribution >= 4 is 5.91 Å². The average Bonchev–Trinajstić information content (AvgIpc) is 2.27. The van der Waals surface area contributed by atoms with E-state index in [2.05, 4.69) is 38.0 Å². The normalized spacial score (nSPS) is 14.2. The van der Waals surface area contributed by atoms with Gasteiger partial charge in [-0.1, -0.05) is 33.3 Å². The molecule has 0 rings (SSSR count). The molecule has 2 unspecified atom stereocenters. The monoisotopic (exact) mass is 226 g/mol. The molecule has 0 aliphatic heterocycles. The second-order valence-electron chi connectivity index (χ2n) is 4.25. The lowest BCUT2D eigenvalue weighted by Crippen LogP contribution is -2.41. The van der Waals surface area contributed by atoms with Gasteiger partial charge in [0.1, 0.15) is 0 Å². The third-order valence-electron chi connectivity index (χ3n) is 2.84. The highest BCUT2D eigenvalue weighted by molar-refractivity contribution is 5.78. The van der Waals surface area contributed by atoms with Crippen molar-refractivity contribution in [1.29, 1.82) is 0 Å². The summed E-state index contributed by atoms with van der Waals surface area (Å²) in [7, 11) is 0. The quantitative estimate of drug-likeness (QED) is 0.591. The first-order chi connectivity index (χ1) is 7.65. The first-order valence-corrected chi connectivity index (χ1v) is 6.26. The summed E-state index contributed by atoms with van der Waals surface area (Å²) in [5, 5.41) is 6.08. The zero-order chi connectivity index (χ0) is 12.4. The van der Waals surface area contributed by atoms with Gasteiger partial charge in [-0.3, -0.25) is 4.79 Å². The van der Waals surface area contributed by atoms with Gasteiger partial charge in [-0.05, 0) is 18.8 Å². The Morgan fingerprint density at radius 2 is 2.12 bits per heavy atom. The molecular formula is C13H26N2O. The Morgan fingerprint density at radius 1 is 1.44 bits per heavy atom. The summed E-state index contributed by atoms with van der Waals surface area (Å²) in [6, 6.07) is 0.439. The molecular weight excluding hydrogens is 200 g/mol. The van der Waals surface area contributed by atoms with Crippen molar-refractivity contribution in [2.45, 2.75) is 46.1 Å². The lowest BCUT2D eigenvalue weighted by atomic mass is 9.95. The number of amides is 1. The number of hydrogen-bond donors (Lipinski definition) is 2. The largest absolute Gasteiger partial charge is 0.352 e. The fourth-order valence-electron chi connectivity index (χ4n) is 1.88. The van der Waals surface area contributed by atoms with Crippen LogP contribution in [0.2, 0.25) is 0 Å². The number of carbonyl (C=O) groups is 1. The van der Waals surface area contributed by atoms with Crippen molar-refractivity contribution in [3.05, 3.63) is 12.7 Å². The maximum Gasteiger partial charge on any atom is 0.234 e. The Labute approximate surface area is 99.7 Å². The highest BCUT2D eigenvalue weighted by atomic mass is 16.1. The molecule has 0 fully saturated rings. The zero-order valence-electron chi connectivity index (χ0n) is 10.9. The minimum Gasteiger partial charge on any atom is -0.352 e. The van der Waals surface area contributed by atoms with Crippen LogP contribution in [0.25, 0.3) is 0 Å². The molecule has 0 bridgehead atoms. The van der Waals surface area contributed by atoms with Gasteiger partial charge in [0.2, 0.25) is 5.91 Å². The minimum absolute atomic E-state index is 0.0436. The summed E-state index contributed by atoms with van der Waals surface area (Å²) in [5.41, 5.74) is 0. The zero-order valence-corrected chi connectivity index (χ0v) is 10.9. The van der Waals surface area contributed by atoms with Crippen molar-refractivity contribution in [2.75, 3.05) is 13.1 Å². The molecule has 3 nitrogen and oxygen atoms in total. The molecule has 3 heteroatoms. The summed E-state index contributed by atoms with van der Waals surface area (Å²) in [5.74, 6) is 0.671. The van der Waals surface area contributed by atoms with E-state index in [0.29, 0.717) is 25.0 Å². The molecule has 0 aromatic rings. The van der Waals surface area contributed by atoms with Crippen molar-refractivity contribution in [2.24, 2.45) is 5.92 Å². The predicted octanol–water partition coefficient (Wildman–Crippen LogP) is 2.09. The Bertz CT molecular complexity index is 204. The molecule has 0 radical (unpaired) electrons. The van der Waals surface area contributed by atoms with Gasteiger partial charge >= 0.3 is 0 Å². The number of hydrogen-bond acceptors (Lipinski definition) is 2. The first kappa shape index (κ1) is 15.2. The Hall–Kier alpha value is -0.830. The molecule has 94 valence electrons. The highest BCUT2D eigenvalue weighted by Gasteiger charge is 2.14. The fraction of sp³-hybridized carbons (Fsp3) is 0.769. The molecule has 0 aromatic heterocycles. The van der Waals surface area contributed by atoms with Crippen LogP contribution in [0.15, 0.2) is 12.7 Å². The van der Waals surface area contributed by atoms with Crippen LogP contribution in [0.1, 0.15) is 40.0 Å². The average molecular weight is 226 g/mol. The summed E-state index contributed by atoms with van der Waals surface area (Å²) >= 11 is 0. The van der Waals surface area contributed by atoms with E-state index in [-0.39, 0.29) is 5.91 Å². The van der Waals surface area contributed by atoms with E-state index < -0.39 is 0 Å². The maximum atomic E-state index is 11.4. The van der Waals surface area contributed by atoms with Crippen molar-refractivity contribution in [3.8, 4) is 0 Å². The fourth-order valence-corrected chi connectivity index (χ4v) is 1.88. The number of nitrogens with one attached hydrogen (secondary N) is 2. The molecule has 0 aliphatic rings. The topological polar surface area (TPSA) is 41.1 Å². The van der Waals surface area contributed by atoms with Crippen LogP contribution in [-0.4, -0.2) is 25.0 Å². The van der Waals surface area contributed by atoms with Gasteiger partial charge in [-0.15, -0.1) is 6.58 Å². The molecule has 2 atom stereocenters. The van der Waals surface area contributed by atoms with Crippen molar-refractivity contribution in [3.63, 3.8) is 0 Å². The second-order valence-corrected chi connectivity index (χ2v) is 4.25. The highest BCUT2D eigenvalue weighted by Crippen LogP contribution is 2.12. The van der Waals surface area contributed by atoms with Gasteiger partial charge in [-0.25, -0.2) is 0 Å². The summed E-state index contributed by atoms with van der Waals surface area (Å²) in [6.45, 7) is 11.1. The van der Waals surface area contributed by atoms with Gasteiger partial charge in [-0.2, -0.15) is 0 Å². The molecule has 0 spiro atoms. The molecule has 1 amide bonds. The summed E-state index contributed by atoms with van der Waals surface area (Å²) in [6.07, 6.45) is 5.16. The van der Waals surface area contributed by atoms with Gasteiger partial charge in [0.25, 0.3) is 0 Å². The second kappa shape index (κ2) is 9.40.